The third-order valence-corrected chi connectivity index (χ3v) is 6.06. The van der Waals surface area contributed by atoms with E-state index in [1.807, 2.05) is 29.6 Å². The third-order valence-electron chi connectivity index (χ3n) is 4.37. The van der Waals surface area contributed by atoms with E-state index in [-0.39, 0.29) is 17.3 Å². The Labute approximate surface area is 198 Å². The van der Waals surface area contributed by atoms with Crippen molar-refractivity contribution >= 4 is 52.4 Å². The number of nitrogens with one attached hydrogen (secondary N) is 2. The first-order valence-corrected chi connectivity index (χ1v) is 11.2. The Hall–Kier alpha value is -2.88. The molecule has 1 aromatic carbocycles. The maximum Gasteiger partial charge on any atom is 0.343 e. The van der Waals surface area contributed by atoms with Crippen LogP contribution in [0.1, 0.15) is 26.5 Å². The average molecular weight is 495 g/mol. The van der Waals surface area contributed by atoms with E-state index in [0.29, 0.717) is 23.7 Å². The van der Waals surface area contributed by atoms with Crippen LogP contribution in [0, 0.1) is 6.92 Å². The van der Waals surface area contributed by atoms with Crippen molar-refractivity contribution in [1.29, 1.82) is 0 Å². The standard InChI is InChI=1S/C21H20Cl2N4O4S/c1-13-18(19(23)27(26-13)11-14-5-2-3-7-16(14)22)20(29)31-12-17(28)25-21(30)24-9-8-15-6-4-10-32-15/h2-7,10H,8-9,11-12H2,1H3,(H2,24,25,28,30). The predicted molar refractivity (Wildman–Crippen MR) is 122 cm³/mol. The summed E-state index contributed by atoms with van der Waals surface area (Å²) in [5, 5.41) is 11.5. The summed E-state index contributed by atoms with van der Waals surface area (Å²) in [6.07, 6.45) is 0.657. The second kappa shape index (κ2) is 11.1. The van der Waals surface area contributed by atoms with Crippen LogP contribution in [0.25, 0.3) is 0 Å². The smallest absolute Gasteiger partial charge is 0.343 e. The van der Waals surface area contributed by atoms with Gasteiger partial charge in [0.15, 0.2) is 6.61 Å². The van der Waals surface area contributed by atoms with Gasteiger partial charge in [-0.05, 0) is 36.4 Å². The van der Waals surface area contributed by atoms with E-state index in [1.54, 1.807) is 30.4 Å². The highest BCUT2D eigenvalue weighted by molar-refractivity contribution is 7.09. The van der Waals surface area contributed by atoms with Crippen molar-refractivity contribution in [3.8, 4) is 0 Å². The van der Waals surface area contributed by atoms with Gasteiger partial charge >= 0.3 is 12.0 Å². The van der Waals surface area contributed by atoms with E-state index in [0.717, 1.165) is 10.4 Å². The number of amides is 3. The number of nitrogens with zero attached hydrogens (tertiary/aromatic N) is 2. The maximum atomic E-state index is 12.4. The van der Waals surface area contributed by atoms with E-state index < -0.39 is 24.5 Å². The number of benzene rings is 1. The number of ether oxygens (including phenoxy) is 1. The van der Waals surface area contributed by atoms with Gasteiger partial charge in [0.25, 0.3) is 5.91 Å². The fraction of sp³-hybridized carbons (Fsp3) is 0.238. The molecule has 0 radical (unpaired) electrons. The molecule has 3 rings (SSSR count). The number of hydrogen-bond acceptors (Lipinski definition) is 6. The van der Waals surface area contributed by atoms with Crippen LogP contribution in [-0.2, 0) is 22.5 Å². The number of carbonyl (C=O) groups excluding carboxylic acids is 3. The van der Waals surface area contributed by atoms with Crippen molar-refractivity contribution in [3.05, 3.63) is 73.7 Å². The van der Waals surface area contributed by atoms with Crippen molar-refractivity contribution < 1.29 is 19.1 Å². The topological polar surface area (TPSA) is 102 Å². The second-order valence-electron chi connectivity index (χ2n) is 6.71. The normalized spacial score (nSPS) is 10.6. The van der Waals surface area contributed by atoms with Gasteiger partial charge in [-0.1, -0.05) is 47.5 Å². The maximum absolute atomic E-state index is 12.4. The molecular formula is C21H20Cl2N4O4S. The van der Waals surface area contributed by atoms with Gasteiger partial charge in [-0.2, -0.15) is 5.10 Å². The Bertz CT molecular complexity index is 1120. The number of carbonyl (C=O) groups is 3. The first-order chi connectivity index (χ1) is 15.3. The van der Waals surface area contributed by atoms with Gasteiger partial charge in [-0.15, -0.1) is 11.3 Å². The molecule has 0 unspecified atom stereocenters. The van der Waals surface area contributed by atoms with Crippen LogP contribution in [0.15, 0.2) is 41.8 Å². The van der Waals surface area contributed by atoms with E-state index in [4.69, 9.17) is 27.9 Å². The predicted octanol–water partition coefficient (Wildman–Crippen LogP) is 3.83. The zero-order valence-corrected chi connectivity index (χ0v) is 19.4. The van der Waals surface area contributed by atoms with Crippen LogP contribution in [0.5, 0.6) is 0 Å². The molecule has 2 N–H and O–H groups in total. The molecule has 3 amide bonds. The van der Waals surface area contributed by atoms with Crippen LogP contribution in [0.2, 0.25) is 10.2 Å². The number of hydrogen-bond donors (Lipinski definition) is 2. The number of thiophene rings is 1. The number of esters is 1. The van der Waals surface area contributed by atoms with E-state index in [9.17, 15) is 14.4 Å². The monoisotopic (exact) mass is 494 g/mol. The Morgan fingerprint density at radius 3 is 2.66 bits per heavy atom. The lowest BCUT2D eigenvalue weighted by Gasteiger charge is -2.08. The van der Waals surface area contributed by atoms with Gasteiger partial charge in [0, 0.05) is 16.4 Å². The van der Waals surface area contributed by atoms with Crippen molar-refractivity contribution in [2.75, 3.05) is 13.2 Å². The average Bonchev–Trinajstić information content (AvgIpc) is 3.36. The SMILES string of the molecule is Cc1nn(Cc2ccccc2Cl)c(Cl)c1C(=O)OCC(=O)NC(=O)NCCc1cccs1. The van der Waals surface area contributed by atoms with Gasteiger partial charge in [0.1, 0.15) is 10.7 Å². The summed E-state index contributed by atoms with van der Waals surface area (Å²) in [6.45, 7) is 1.60. The summed E-state index contributed by atoms with van der Waals surface area (Å²) in [5.41, 5.74) is 1.17. The lowest BCUT2D eigenvalue weighted by molar-refractivity contribution is -0.123. The molecule has 3 aromatic rings. The number of aryl methyl sites for hydroxylation is 1. The lowest BCUT2D eigenvalue weighted by Crippen LogP contribution is -2.42. The molecule has 0 aliphatic heterocycles. The molecule has 2 aromatic heterocycles. The molecule has 0 aliphatic carbocycles. The summed E-state index contributed by atoms with van der Waals surface area (Å²) < 4.78 is 6.44. The minimum atomic E-state index is -0.814. The van der Waals surface area contributed by atoms with E-state index in [1.165, 1.54) is 4.68 Å². The van der Waals surface area contributed by atoms with Gasteiger partial charge in [-0.25, -0.2) is 14.3 Å². The second-order valence-corrected chi connectivity index (χ2v) is 8.51. The number of rotatable bonds is 8. The van der Waals surface area contributed by atoms with Crippen LogP contribution < -0.4 is 10.6 Å². The van der Waals surface area contributed by atoms with Gasteiger partial charge in [0.05, 0.1) is 12.2 Å². The lowest BCUT2D eigenvalue weighted by atomic mass is 10.2. The molecule has 8 nitrogen and oxygen atoms in total. The fourth-order valence-corrected chi connectivity index (χ4v) is 4.06. The van der Waals surface area contributed by atoms with Crippen molar-refractivity contribution in [2.24, 2.45) is 0 Å². The molecule has 0 fully saturated rings. The molecule has 0 bridgehead atoms. The third kappa shape index (κ3) is 6.32. The molecule has 0 saturated heterocycles. The number of urea groups is 1. The summed E-state index contributed by atoms with van der Waals surface area (Å²) in [5.74, 6) is -1.57. The Morgan fingerprint density at radius 2 is 1.94 bits per heavy atom. The molecule has 0 atom stereocenters. The van der Waals surface area contributed by atoms with Crippen molar-refractivity contribution in [1.82, 2.24) is 20.4 Å². The zero-order valence-electron chi connectivity index (χ0n) is 17.1. The van der Waals surface area contributed by atoms with E-state index >= 15 is 0 Å². The minimum Gasteiger partial charge on any atom is -0.452 e. The summed E-state index contributed by atoms with van der Waals surface area (Å²) in [6, 6.07) is 10.4. The van der Waals surface area contributed by atoms with Crippen LogP contribution in [-0.4, -0.2) is 40.8 Å². The molecule has 32 heavy (non-hydrogen) atoms. The first-order valence-electron chi connectivity index (χ1n) is 9.58. The van der Waals surface area contributed by atoms with Gasteiger partial charge < -0.3 is 10.1 Å². The zero-order chi connectivity index (χ0) is 23.1. The van der Waals surface area contributed by atoms with Crippen molar-refractivity contribution in [2.45, 2.75) is 19.9 Å². The first kappa shape index (κ1) is 23.8. The van der Waals surface area contributed by atoms with Crippen molar-refractivity contribution in [3.63, 3.8) is 0 Å². The highest BCUT2D eigenvalue weighted by Crippen LogP contribution is 2.24. The number of halogens is 2. The number of imide groups is 1. The summed E-state index contributed by atoms with van der Waals surface area (Å²) in [4.78, 5) is 37.3. The Kier molecular flexibility index (Phi) is 8.26. The highest BCUT2D eigenvalue weighted by Gasteiger charge is 2.23. The summed E-state index contributed by atoms with van der Waals surface area (Å²) >= 11 is 14.1. The highest BCUT2D eigenvalue weighted by atomic mass is 35.5. The van der Waals surface area contributed by atoms with Gasteiger partial charge in [0.2, 0.25) is 0 Å². The molecule has 0 spiro atoms. The molecule has 168 valence electrons. The van der Waals surface area contributed by atoms with Crippen LogP contribution in [0.3, 0.4) is 0 Å². The summed E-state index contributed by atoms with van der Waals surface area (Å²) in [7, 11) is 0. The quantitative estimate of drug-likeness (QED) is 0.463. The molecule has 11 heteroatoms. The van der Waals surface area contributed by atoms with E-state index in [2.05, 4.69) is 15.7 Å². The molecule has 2 heterocycles. The minimum absolute atomic E-state index is 0.0481. The number of aromatic nitrogens is 2. The van der Waals surface area contributed by atoms with Gasteiger partial charge in [-0.3, -0.25) is 10.1 Å². The largest absolute Gasteiger partial charge is 0.452 e. The molecular weight excluding hydrogens is 475 g/mol. The molecule has 0 aliphatic rings. The molecule has 0 saturated carbocycles. The Balaban J connectivity index is 1.50. The van der Waals surface area contributed by atoms with Crippen LogP contribution >= 0.6 is 34.5 Å². The van der Waals surface area contributed by atoms with Crippen LogP contribution in [0.4, 0.5) is 4.79 Å². The Morgan fingerprint density at radius 1 is 1.16 bits per heavy atom. The fourth-order valence-electron chi connectivity index (χ4n) is 2.84.